The van der Waals surface area contributed by atoms with Crippen molar-refractivity contribution in [1.29, 1.82) is 0 Å². The number of hydrogen-bond acceptors (Lipinski definition) is 3. The van der Waals surface area contributed by atoms with Gasteiger partial charge in [0, 0.05) is 12.1 Å². The summed E-state index contributed by atoms with van der Waals surface area (Å²) in [5, 5.41) is 2.95. The monoisotopic (exact) mass is 243 g/mol. The Balaban J connectivity index is 4.31. The number of rotatable bonds is 7. The fourth-order valence-electron chi connectivity index (χ4n) is 1.92. The molecule has 4 heteroatoms. The van der Waals surface area contributed by atoms with Crippen LogP contribution in [0.3, 0.4) is 0 Å². The third kappa shape index (κ3) is 5.04. The fourth-order valence-corrected chi connectivity index (χ4v) is 1.92. The predicted octanol–water partition coefficient (Wildman–Crippen LogP) is 1.21. The quantitative estimate of drug-likeness (QED) is 0.706. The van der Waals surface area contributed by atoms with Crippen molar-refractivity contribution in [2.45, 2.75) is 53.1 Å². The third-order valence-corrected chi connectivity index (χ3v) is 3.34. The van der Waals surface area contributed by atoms with Gasteiger partial charge in [0.05, 0.1) is 6.04 Å². The minimum Gasteiger partial charge on any atom is -0.353 e. The molecule has 0 heterocycles. The van der Waals surface area contributed by atoms with Crippen molar-refractivity contribution in [2.75, 3.05) is 19.6 Å². The van der Waals surface area contributed by atoms with E-state index in [0.29, 0.717) is 6.54 Å². The number of carbonyl (C=O) groups excluding carboxylic acids is 1. The normalized spacial score (nSPS) is 14.2. The number of amides is 1. The van der Waals surface area contributed by atoms with Crippen molar-refractivity contribution in [1.82, 2.24) is 10.2 Å². The first-order chi connectivity index (χ1) is 7.76. The van der Waals surface area contributed by atoms with Crippen molar-refractivity contribution >= 4 is 5.91 Å². The summed E-state index contributed by atoms with van der Waals surface area (Å²) in [6.07, 6.45) is 0. The minimum absolute atomic E-state index is 0.0319. The number of likely N-dealkylation sites (N-methyl/N-ethyl adjacent to an activating group) is 1. The summed E-state index contributed by atoms with van der Waals surface area (Å²) < 4.78 is 0. The molecule has 0 rings (SSSR count). The summed E-state index contributed by atoms with van der Waals surface area (Å²) in [6.45, 7) is 15.1. The molecule has 3 N–H and O–H groups in total. The molecule has 0 unspecified atom stereocenters. The van der Waals surface area contributed by atoms with Gasteiger partial charge in [-0.1, -0.05) is 27.7 Å². The van der Waals surface area contributed by atoms with Crippen LogP contribution in [0.1, 0.15) is 41.5 Å². The molecular weight excluding hydrogens is 214 g/mol. The maximum atomic E-state index is 11.8. The van der Waals surface area contributed by atoms with E-state index in [1.807, 2.05) is 13.8 Å². The second kappa shape index (κ2) is 6.97. The van der Waals surface area contributed by atoms with Crippen LogP contribution >= 0.6 is 0 Å². The van der Waals surface area contributed by atoms with E-state index in [1.165, 1.54) is 0 Å². The molecule has 0 spiro atoms. The van der Waals surface area contributed by atoms with Crippen LogP contribution < -0.4 is 11.1 Å². The molecule has 0 aliphatic rings. The number of hydrogen-bond donors (Lipinski definition) is 2. The Hall–Kier alpha value is -0.610. The Kier molecular flexibility index (Phi) is 6.72. The molecule has 0 bridgehead atoms. The maximum Gasteiger partial charge on any atom is 0.237 e. The van der Waals surface area contributed by atoms with Gasteiger partial charge in [-0.25, -0.2) is 0 Å². The van der Waals surface area contributed by atoms with Gasteiger partial charge in [0.2, 0.25) is 5.91 Å². The zero-order chi connectivity index (χ0) is 13.6. The highest BCUT2D eigenvalue weighted by Crippen LogP contribution is 2.12. The van der Waals surface area contributed by atoms with Crippen LogP contribution in [-0.2, 0) is 4.79 Å². The van der Waals surface area contributed by atoms with Crippen molar-refractivity contribution in [3.05, 3.63) is 0 Å². The van der Waals surface area contributed by atoms with Crippen molar-refractivity contribution < 1.29 is 4.79 Å². The SMILES string of the molecule is CCN(CC)C(C)(C)CNC(=O)[C@@H](N)C(C)C. The highest BCUT2D eigenvalue weighted by molar-refractivity contribution is 5.81. The zero-order valence-electron chi connectivity index (χ0n) is 12.2. The number of carbonyl (C=O) groups is 1. The first kappa shape index (κ1) is 16.4. The highest BCUT2D eigenvalue weighted by atomic mass is 16.2. The Labute approximate surface area is 106 Å². The summed E-state index contributed by atoms with van der Waals surface area (Å²) in [4.78, 5) is 14.1. The van der Waals surface area contributed by atoms with Crippen LogP contribution in [0.25, 0.3) is 0 Å². The maximum absolute atomic E-state index is 11.8. The second-order valence-corrected chi connectivity index (χ2v) is 5.47. The largest absolute Gasteiger partial charge is 0.353 e. The van der Waals surface area contributed by atoms with E-state index in [0.717, 1.165) is 13.1 Å². The molecule has 17 heavy (non-hydrogen) atoms. The van der Waals surface area contributed by atoms with E-state index in [4.69, 9.17) is 5.73 Å². The number of nitrogens with one attached hydrogen (secondary N) is 1. The van der Waals surface area contributed by atoms with E-state index in [1.54, 1.807) is 0 Å². The van der Waals surface area contributed by atoms with Gasteiger partial charge in [0.25, 0.3) is 0 Å². The van der Waals surface area contributed by atoms with E-state index < -0.39 is 6.04 Å². The van der Waals surface area contributed by atoms with Gasteiger partial charge in [-0.2, -0.15) is 0 Å². The molecule has 0 aromatic carbocycles. The van der Waals surface area contributed by atoms with Gasteiger partial charge in [0.1, 0.15) is 0 Å². The third-order valence-electron chi connectivity index (χ3n) is 3.34. The lowest BCUT2D eigenvalue weighted by molar-refractivity contribution is -0.123. The first-order valence-corrected chi connectivity index (χ1v) is 6.54. The Bertz CT molecular complexity index is 235. The van der Waals surface area contributed by atoms with Gasteiger partial charge >= 0.3 is 0 Å². The van der Waals surface area contributed by atoms with E-state index in [9.17, 15) is 4.79 Å². The topological polar surface area (TPSA) is 58.4 Å². The number of nitrogens with two attached hydrogens (primary N) is 1. The van der Waals surface area contributed by atoms with Gasteiger partial charge in [0.15, 0.2) is 0 Å². The molecule has 1 amide bonds. The van der Waals surface area contributed by atoms with Gasteiger partial charge in [-0.15, -0.1) is 0 Å². The summed E-state index contributed by atoms with van der Waals surface area (Å²) in [5.41, 5.74) is 5.77. The summed E-state index contributed by atoms with van der Waals surface area (Å²) >= 11 is 0. The molecular formula is C13H29N3O. The summed E-state index contributed by atoms with van der Waals surface area (Å²) in [5.74, 6) is 0.117. The van der Waals surface area contributed by atoms with Gasteiger partial charge in [-0.05, 0) is 32.9 Å². The zero-order valence-corrected chi connectivity index (χ0v) is 12.2. The average molecular weight is 243 g/mol. The summed E-state index contributed by atoms with van der Waals surface area (Å²) in [6, 6.07) is -0.414. The molecule has 4 nitrogen and oxygen atoms in total. The lowest BCUT2D eigenvalue weighted by Crippen LogP contribution is -2.54. The van der Waals surface area contributed by atoms with E-state index in [-0.39, 0.29) is 17.4 Å². The van der Waals surface area contributed by atoms with Crippen molar-refractivity contribution in [3.63, 3.8) is 0 Å². The van der Waals surface area contributed by atoms with Crippen LogP contribution in [0.15, 0.2) is 0 Å². The van der Waals surface area contributed by atoms with Crippen LogP contribution in [0.5, 0.6) is 0 Å². The van der Waals surface area contributed by atoms with E-state index >= 15 is 0 Å². The molecule has 0 aromatic heterocycles. The second-order valence-electron chi connectivity index (χ2n) is 5.47. The molecule has 0 aliphatic carbocycles. The molecule has 0 aromatic rings. The molecule has 0 fully saturated rings. The molecule has 0 radical (unpaired) electrons. The minimum atomic E-state index is -0.414. The lowest BCUT2D eigenvalue weighted by atomic mass is 10.0. The molecule has 0 aliphatic heterocycles. The predicted molar refractivity (Wildman–Crippen MR) is 72.8 cm³/mol. The summed E-state index contributed by atoms with van der Waals surface area (Å²) in [7, 11) is 0. The first-order valence-electron chi connectivity index (χ1n) is 6.54. The number of nitrogens with zero attached hydrogens (tertiary/aromatic N) is 1. The smallest absolute Gasteiger partial charge is 0.237 e. The average Bonchev–Trinajstić information content (AvgIpc) is 2.26. The van der Waals surface area contributed by atoms with Crippen molar-refractivity contribution in [2.24, 2.45) is 11.7 Å². The fraction of sp³-hybridized carbons (Fsp3) is 0.923. The Morgan fingerprint density at radius 2 is 1.76 bits per heavy atom. The van der Waals surface area contributed by atoms with Crippen LogP contribution in [-0.4, -0.2) is 42.0 Å². The lowest BCUT2D eigenvalue weighted by Gasteiger charge is -2.37. The standard InChI is InChI=1S/C13H29N3O/c1-7-16(8-2)13(5,6)9-15-12(17)11(14)10(3)4/h10-11H,7-9,14H2,1-6H3,(H,15,17)/t11-/m0/s1. The molecule has 102 valence electrons. The van der Waals surface area contributed by atoms with Gasteiger partial charge in [-0.3, -0.25) is 9.69 Å². The molecule has 1 atom stereocenters. The van der Waals surface area contributed by atoms with Crippen LogP contribution in [0.2, 0.25) is 0 Å². The Morgan fingerprint density at radius 1 is 1.29 bits per heavy atom. The Morgan fingerprint density at radius 3 is 2.12 bits per heavy atom. The van der Waals surface area contributed by atoms with Crippen molar-refractivity contribution in [3.8, 4) is 0 Å². The molecule has 0 saturated carbocycles. The highest BCUT2D eigenvalue weighted by Gasteiger charge is 2.26. The van der Waals surface area contributed by atoms with Gasteiger partial charge < -0.3 is 11.1 Å². The van der Waals surface area contributed by atoms with Crippen LogP contribution in [0.4, 0.5) is 0 Å². The molecule has 0 saturated heterocycles. The van der Waals surface area contributed by atoms with E-state index in [2.05, 4.69) is 37.9 Å². The van der Waals surface area contributed by atoms with Crippen LogP contribution in [0, 0.1) is 5.92 Å².